The average Bonchev–Trinajstić information content (AvgIpc) is 2.29. The zero-order valence-corrected chi connectivity index (χ0v) is 8.48. The van der Waals surface area contributed by atoms with Gasteiger partial charge in [-0.2, -0.15) is 0 Å². The second-order valence-corrected chi connectivity index (χ2v) is 3.89. The van der Waals surface area contributed by atoms with Crippen molar-refractivity contribution in [3.63, 3.8) is 0 Å². The van der Waals surface area contributed by atoms with E-state index in [1.54, 1.807) is 0 Å². The van der Waals surface area contributed by atoms with Gasteiger partial charge in [-0.15, -0.1) is 0 Å². The number of hydrogen-bond acceptors (Lipinski definition) is 3. The molecule has 0 aliphatic carbocycles. The molecule has 3 aliphatic rings. The van der Waals surface area contributed by atoms with Crippen LogP contribution in [0.4, 0.5) is 0 Å². The molecule has 1 N–H and O–H groups in total. The van der Waals surface area contributed by atoms with E-state index in [0.717, 1.165) is 36.6 Å². The van der Waals surface area contributed by atoms with Crippen molar-refractivity contribution in [3.8, 4) is 0 Å². The van der Waals surface area contributed by atoms with E-state index in [1.807, 2.05) is 12.2 Å². The first-order valence-corrected chi connectivity index (χ1v) is 5.23. The van der Waals surface area contributed by atoms with Crippen LogP contribution in [-0.2, 0) is 0 Å². The summed E-state index contributed by atoms with van der Waals surface area (Å²) >= 11 is 0. The topological polar surface area (TPSA) is 30.3 Å². The maximum Gasteiger partial charge on any atom is 0.0862 e. The Kier molecular flexibility index (Phi) is 1.78. The molecule has 0 spiro atoms. The highest BCUT2D eigenvalue weighted by atomic mass is 15.3. The Balaban J connectivity index is 2.13. The molecule has 0 radical (unpaired) electrons. The van der Waals surface area contributed by atoms with Gasteiger partial charge in [0.1, 0.15) is 0 Å². The van der Waals surface area contributed by atoms with E-state index in [-0.39, 0.29) is 0 Å². The number of fused-ring (bicyclic) bond motifs is 2. The predicted molar refractivity (Wildman–Crippen MR) is 60.2 cm³/mol. The van der Waals surface area contributed by atoms with Crippen molar-refractivity contribution in [2.75, 3.05) is 13.1 Å². The van der Waals surface area contributed by atoms with Crippen molar-refractivity contribution in [3.05, 3.63) is 48.1 Å². The summed E-state index contributed by atoms with van der Waals surface area (Å²) in [6, 6.07) is 0. The molecule has 15 heavy (non-hydrogen) atoms. The summed E-state index contributed by atoms with van der Waals surface area (Å²) in [6.07, 6.45) is 13.2. The van der Waals surface area contributed by atoms with Crippen LogP contribution in [0.3, 0.4) is 0 Å². The Morgan fingerprint density at radius 1 is 1.07 bits per heavy atom. The third kappa shape index (κ3) is 1.23. The molecule has 0 fully saturated rings. The fraction of sp³-hybridized carbons (Fsp3) is 0.250. The molecule has 3 rings (SSSR count). The lowest BCUT2D eigenvalue weighted by Gasteiger charge is -2.39. The molecule has 3 nitrogen and oxygen atoms in total. The summed E-state index contributed by atoms with van der Waals surface area (Å²) in [5.74, 6) is 0. The molecule has 0 aromatic carbocycles. The van der Waals surface area contributed by atoms with E-state index in [4.69, 9.17) is 5.41 Å². The molecule has 0 saturated carbocycles. The summed E-state index contributed by atoms with van der Waals surface area (Å²) in [7, 11) is 0. The second kappa shape index (κ2) is 3.12. The molecule has 0 unspecified atom stereocenters. The zero-order chi connectivity index (χ0) is 10.3. The fourth-order valence-electron chi connectivity index (χ4n) is 2.23. The van der Waals surface area contributed by atoms with Gasteiger partial charge in [-0.05, 0) is 12.2 Å². The normalized spacial score (nSPS) is 23.3. The summed E-state index contributed by atoms with van der Waals surface area (Å²) in [5.41, 5.74) is 2.96. The van der Waals surface area contributed by atoms with E-state index in [2.05, 4.69) is 34.4 Å². The van der Waals surface area contributed by atoms with Crippen molar-refractivity contribution in [2.45, 2.75) is 6.42 Å². The maximum absolute atomic E-state index is 8.00. The predicted octanol–water partition coefficient (Wildman–Crippen LogP) is 1.84. The minimum Gasteiger partial charge on any atom is -0.344 e. The Morgan fingerprint density at radius 2 is 1.93 bits per heavy atom. The third-order valence-corrected chi connectivity index (χ3v) is 2.95. The highest BCUT2D eigenvalue weighted by molar-refractivity contribution is 6.00. The first-order valence-electron chi connectivity index (χ1n) is 5.23. The Morgan fingerprint density at radius 3 is 2.87 bits per heavy atom. The van der Waals surface area contributed by atoms with Crippen LogP contribution in [-0.4, -0.2) is 28.6 Å². The number of nitrogens with zero attached hydrogens (tertiary/aromatic N) is 2. The maximum atomic E-state index is 8.00. The average molecular weight is 199 g/mol. The van der Waals surface area contributed by atoms with E-state index < -0.39 is 0 Å². The largest absolute Gasteiger partial charge is 0.344 e. The lowest BCUT2D eigenvalue weighted by Crippen LogP contribution is -2.40. The van der Waals surface area contributed by atoms with Crippen LogP contribution in [0.15, 0.2) is 48.1 Å². The van der Waals surface area contributed by atoms with Crippen molar-refractivity contribution >= 4 is 5.71 Å². The lowest BCUT2D eigenvalue weighted by atomic mass is 10.0. The van der Waals surface area contributed by atoms with Crippen molar-refractivity contribution in [1.82, 2.24) is 9.80 Å². The van der Waals surface area contributed by atoms with Gasteiger partial charge >= 0.3 is 0 Å². The third-order valence-electron chi connectivity index (χ3n) is 2.95. The van der Waals surface area contributed by atoms with Crippen LogP contribution in [0.25, 0.3) is 0 Å². The van der Waals surface area contributed by atoms with Crippen LogP contribution in [0, 0.1) is 5.41 Å². The molecule has 0 bridgehead atoms. The van der Waals surface area contributed by atoms with Crippen LogP contribution in [0.5, 0.6) is 0 Å². The zero-order valence-electron chi connectivity index (χ0n) is 8.48. The molecule has 0 saturated heterocycles. The molecule has 0 aromatic heterocycles. The number of hydrogen-bond donors (Lipinski definition) is 1. The van der Waals surface area contributed by atoms with E-state index in [1.165, 1.54) is 0 Å². The molecule has 3 heteroatoms. The highest BCUT2D eigenvalue weighted by Crippen LogP contribution is 2.28. The number of rotatable bonds is 0. The molecular formula is C12H13N3. The van der Waals surface area contributed by atoms with Gasteiger partial charge in [0.15, 0.2) is 0 Å². The summed E-state index contributed by atoms with van der Waals surface area (Å²) in [6.45, 7) is 1.97. The van der Waals surface area contributed by atoms with Gasteiger partial charge in [0.05, 0.1) is 17.1 Å². The van der Waals surface area contributed by atoms with E-state index in [9.17, 15) is 0 Å². The highest BCUT2D eigenvalue weighted by Gasteiger charge is 2.26. The fourth-order valence-corrected chi connectivity index (χ4v) is 2.23. The Bertz CT molecular complexity index is 426. The van der Waals surface area contributed by atoms with Crippen LogP contribution in [0.1, 0.15) is 6.42 Å². The Hall–Kier alpha value is -1.77. The summed E-state index contributed by atoms with van der Waals surface area (Å²) < 4.78 is 0. The molecule has 3 heterocycles. The molecule has 0 amide bonds. The van der Waals surface area contributed by atoms with Crippen LogP contribution >= 0.6 is 0 Å². The van der Waals surface area contributed by atoms with Crippen LogP contribution in [0.2, 0.25) is 0 Å². The van der Waals surface area contributed by atoms with E-state index >= 15 is 0 Å². The minimum atomic E-state index is 0.720. The van der Waals surface area contributed by atoms with Crippen molar-refractivity contribution < 1.29 is 0 Å². The standard InChI is InChI=1S/C12H13N3/c13-10-4-3-7-15-9-8-14-6-2-1-5-11(14)12(10)15/h1-3,5-7,13H,4,8-9H2. The molecule has 0 atom stereocenters. The van der Waals surface area contributed by atoms with Gasteiger partial charge in [0.25, 0.3) is 0 Å². The summed E-state index contributed by atoms with van der Waals surface area (Å²) in [5, 5.41) is 8.00. The van der Waals surface area contributed by atoms with E-state index in [0.29, 0.717) is 0 Å². The number of allylic oxidation sites excluding steroid dienone is 5. The van der Waals surface area contributed by atoms with Gasteiger partial charge in [-0.3, -0.25) is 0 Å². The lowest BCUT2D eigenvalue weighted by molar-refractivity contribution is 0.334. The molecule has 0 aromatic rings. The molecule has 76 valence electrons. The van der Waals surface area contributed by atoms with Crippen molar-refractivity contribution in [1.29, 1.82) is 5.41 Å². The van der Waals surface area contributed by atoms with Gasteiger partial charge in [0.2, 0.25) is 0 Å². The molecule has 3 aliphatic heterocycles. The molecular weight excluding hydrogens is 186 g/mol. The summed E-state index contributed by atoms with van der Waals surface area (Å²) in [4.78, 5) is 4.40. The quantitative estimate of drug-likeness (QED) is 0.645. The SMILES string of the molecule is N=C1CC=CN2CCN3C=CC=CC3=C12. The van der Waals surface area contributed by atoms with Gasteiger partial charge < -0.3 is 15.2 Å². The monoisotopic (exact) mass is 199 g/mol. The smallest absolute Gasteiger partial charge is 0.0862 e. The van der Waals surface area contributed by atoms with Gasteiger partial charge in [0, 0.05) is 31.9 Å². The second-order valence-electron chi connectivity index (χ2n) is 3.89. The van der Waals surface area contributed by atoms with Gasteiger partial charge in [-0.25, -0.2) is 0 Å². The van der Waals surface area contributed by atoms with Gasteiger partial charge in [-0.1, -0.05) is 12.2 Å². The first kappa shape index (κ1) is 8.53. The van der Waals surface area contributed by atoms with Crippen molar-refractivity contribution in [2.24, 2.45) is 0 Å². The number of nitrogens with one attached hydrogen (secondary N) is 1. The van der Waals surface area contributed by atoms with Crippen LogP contribution < -0.4 is 0 Å². The minimum absolute atomic E-state index is 0.720. The first-order chi connectivity index (χ1) is 7.36. The Labute approximate surface area is 89.2 Å².